The molecule has 0 spiro atoms. The summed E-state index contributed by atoms with van der Waals surface area (Å²) in [4.78, 5) is 40.8. The van der Waals surface area contributed by atoms with Gasteiger partial charge in [0.25, 0.3) is 11.8 Å². The summed E-state index contributed by atoms with van der Waals surface area (Å²) in [6.07, 6.45) is 3.00. The molecule has 0 aliphatic rings. The highest BCUT2D eigenvalue weighted by Crippen LogP contribution is 2.30. The van der Waals surface area contributed by atoms with Crippen LogP contribution in [-0.2, 0) is 4.74 Å². The number of amides is 3. The summed E-state index contributed by atoms with van der Waals surface area (Å²) >= 11 is 1.52. The van der Waals surface area contributed by atoms with Crippen molar-refractivity contribution in [3.05, 3.63) is 59.8 Å². The van der Waals surface area contributed by atoms with Crippen LogP contribution in [0, 0.1) is 0 Å². The fourth-order valence-corrected chi connectivity index (χ4v) is 4.58. The lowest BCUT2D eigenvalue weighted by Gasteiger charge is -2.06. The van der Waals surface area contributed by atoms with Crippen molar-refractivity contribution in [2.24, 2.45) is 0 Å². The number of benzene rings is 2. The van der Waals surface area contributed by atoms with Crippen LogP contribution in [0.2, 0.25) is 0 Å². The van der Waals surface area contributed by atoms with Crippen molar-refractivity contribution in [2.45, 2.75) is 12.8 Å². The van der Waals surface area contributed by atoms with Gasteiger partial charge in [-0.2, -0.15) is 0 Å². The molecular weight excluding hydrogens is 454 g/mol. The Bertz CT molecular complexity index is 1340. The lowest BCUT2D eigenvalue weighted by atomic mass is 10.1. The third-order valence-corrected chi connectivity index (χ3v) is 6.39. The SMILES string of the molecule is CNC(=O)c1ccc(-c2cn3c(n2)sc2cc(C(=O)NCCCCNC(=O)OC)ccc23)cc1. The zero-order valence-corrected chi connectivity index (χ0v) is 19.7. The number of methoxy groups -OCH3 is 1. The number of alkyl carbamates (subject to hydrolysis) is 1. The third-order valence-electron chi connectivity index (χ3n) is 5.37. The number of hydrogen-bond acceptors (Lipinski definition) is 6. The molecule has 0 aliphatic heterocycles. The Hall–Kier alpha value is -3.92. The van der Waals surface area contributed by atoms with Gasteiger partial charge >= 0.3 is 6.09 Å². The third kappa shape index (κ3) is 5.01. The maximum absolute atomic E-state index is 12.5. The number of carbonyl (C=O) groups is 3. The molecule has 2 heterocycles. The Morgan fingerprint density at radius 1 is 0.971 bits per heavy atom. The van der Waals surface area contributed by atoms with E-state index in [0.717, 1.165) is 39.3 Å². The minimum absolute atomic E-state index is 0.126. The lowest BCUT2D eigenvalue weighted by Crippen LogP contribution is -2.27. The molecule has 176 valence electrons. The van der Waals surface area contributed by atoms with Gasteiger partial charge in [0.05, 0.1) is 23.0 Å². The number of unbranched alkanes of at least 4 members (excludes halogenated alkanes) is 1. The van der Waals surface area contributed by atoms with E-state index < -0.39 is 6.09 Å². The van der Waals surface area contributed by atoms with Crippen LogP contribution in [0.4, 0.5) is 4.79 Å². The van der Waals surface area contributed by atoms with Crippen molar-refractivity contribution < 1.29 is 19.1 Å². The molecule has 4 rings (SSSR count). The number of nitrogens with one attached hydrogen (secondary N) is 3. The van der Waals surface area contributed by atoms with E-state index in [1.165, 1.54) is 18.4 Å². The standard InChI is InChI=1S/C24H25N5O4S/c1-25-21(30)16-7-5-15(6-8-16)18-14-29-19-10-9-17(13-20(19)34-23(29)28-18)22(31)26-11-3-4-12-27-24(32)33-2/h5-10,13-14H,3-4,11-12H2,1-2H3,(H,25,30)(H,26,31)(H,27,32). The van der Waals surface area contributed by atoms with Crippen LogP contribution in [0.15, 0.2) is 48.7 Å². The largest absolute Gasteiger partial charge is 0.453 e. The van der Waals surface area contributed by atoms with Gasteiger partial charge < -0.3 is 20.7 Å². The maximum atomic E-state index is 12.5. The van der Waals surface area contributed by atoms with Crippen molar-refractivity contribution in [1.29, 1.82) is 0 Å². The highest BCUT2D eigenvalue weighted by Gasteiger charge is 2.13. The highest BCUT2D eigenvalue weighted by atomic mass is 32.1. The normalized spacial score (nSPS) is 10.9. The summed E-state index contributed by atoms with van der Waals surface area (Å²) in [7, 11) is 2.93. The van der Waals surface area contributed by atoms with Gasteiger partial charge in [-0.1, -0.05) is 23.5 Å². The van der Waals surface area contributed by atoms with Crippen LogP contribution in [-0.4, -0.2) is 54.5 Å². The number of thiazole rings is 1. The van der Waals surface area contributed by atoms with E-state index in [-0.39, 0.29) is 11.8 Å². The summed E-state index contributed by atoms with van der Waals surface area (Å²) in [5, 5.41) is 8.13. The number of carbonyl (C=O) groups excluding carboxylic acids is 3. The Morgan fingerprint density at radius 2 is 1.68 bits per heavy atom. The number of fused-ring (bicyclic) bond motifs is 3. The molecule has 0 aliphatic carbocycles. The van der Waals surface area contributed by atoms with Crippen LogP contribution in [0.3, 0.4) is 0 Å². The van der Waals surface area contributed by atoms with E-state index in [2.05, 4.69) is 20.7 Å². The highest BCUT2D eigenvalue weighted by molar-refractivity contribution is 7.23. The number of hydrogen-bond donors (Lipinski definition) is 3. The van der Waals surface area contributed by atoms with Gasteiger partial charge in [-0.3, -0.25) is 14.0 Å². The van der Waals surface area contributed by atoms with E-state index in [0.29, 0.717) is 24.2 Å². The molecule has 0 fully saturated rings. The average Bonchev–Trinajstić information content (AvgIpc) is 3.43. The van der Waals surface area contributed by atoms with Gasteiger partial charge in [0.2, 0.25) is 0 Å². The van der Waals surface area contributed by atoms with E-state index in [1.54, 1.807) is 25.2 Å². The molecule has 0 saturated heterocycles. The van der Waals surface area contributed by atoms with E-state index in [1.807, 2.05) is 34.9 Å². The summed E-state index contributed by atoms with van der Waals surface area (Å²) in [6, 6.07) is 12.9. The number of rotatable bonds is 8. The lowest BCUT2D eigenvalue weighted by molar-refractivity contribution is 0.0948. The van der Waals surface area contributed by atoms with Crippen LogP contribution >= 0.6 is 11.3 Å². The van der Waals surface area contributed by atoms with Crippen LogP contribution in [0.25, 0.3) is 26.4 Å². The summed E-state index contributed by atoms with van der Waals surface area (Å²) in [5.41, 5.74) is 3.91. The van der Waals surface area contributed by atoms with E-state index >= 15 is 0 Å². The molecule has 3 N–H and O–H groups in total. The Labute approximate surface area is 200 Å². The second-order valence-electron chi connectivity index (χ2n) is 7.60. The minimum atomic E-state index is -0.453. The fourth-order valence-electron chi connectivity index (χ4n) is 3.53. The predicted octanol–water partition coefficient (Wildman–Crippen LogP) is 3.44. The number of ether oxygens (including phenoxy) is 1. The molecule has 34 heavy (non-hydrogen) atoms. The van der Waals surface area contributed by atoms with Crippen LogP contribution in [0.1, 0.15) is 33.6 Å². The first-order valence-electron chi connectivity index (χ1n) is 10.8. The molecule has 0 radical (unpaired) electrons. The average molecular weight is 480 g/mol. The van der Waals surface area contributed by atoms with Gasteiger partial charge in [0.15, 0.2) is 4.96 Å². The molecule has 0 unspecified atom stereocenters. The first-order valence-corrected chi connectivity index (χ1v) is 11.7. The minimum Gasteiger partial charge on any atom is -0.453 e. The molecule has 0 saturated carbocycles. The van der Waals surface area contributed by atoms with Crippen LogP contribution in [0.5, 0.6) is 0 Å². The summed E-state index contributed by atoms with van der Waals surface area (Å²) < 4.78 is 7.49. The van der Waals surface area contributed by atoms with Crippen molar-refractivity contribution in [1.82, 2.24) is 25.3 Å². The number of aromatic nitrogens is 2. The molecule has 2 aromatic carbocycles. The zero-order chi connectivity index (χ0) is 24.1. The Kier molecular flexibility index (Phi) is 7.07. The predicted molar refractivity (Wildman–Crippen MR) is 131 cm³/mol. The molecule has 0 atom stereocenters. The van der Waals surface area contributed by atoms with Gasteiger partial charge in [-0.05, 0) is 43.2 Å². The number of nitrogens with zero attached hydrogens (tertiary/aromatic N) is 2. The van der Waals surface area contributed by atoms with Crippen LogP contribution < -0.4 is 16.0 Å². The monoisotopic (exact) mass is 479 g/mol. The Balaban J connectivity index is 1.41. The molecule has 10 heteroatoms. The van der Waals surface area contributed by atoms with Crippen molar-refractivity contribution >= 4 is 44.4 Å². The van der Waals surface area contributed by atoms with E-state index in [4.69, 9.17) is 4.98 Å². The fraction of sp³-hybridized carbons (Fsp3) is 0.250. The Morgan fingerprint density at radius 3 is 2.38 bits per heavy atom. The second kappa shape index (κ2) is 10.3. The first-order chi connectivity index (χ1) is 16.5. The summed E-state index contributed by atoms with van der Waals surface area (Å²) in [6.45, 7) is 1.03. The van der Waals surface area contributed by atoms with Crippen molar-refractivity contribution in [2.75, 3.05) is 27.2 Å². The van der Waals surface area contributed by atoms with Gasteiger partial charge in [-0.15, -0.1) is 0 Å². The topological polar surface area (TPSA) is 114 Å². The van der Waals surface area contributed by atoms with Crippen molar-refractivity contribution in [3.63, 3.8) is 0 Å². The number of imidazole rings is 1. The summed E-state index contributed by atoms with van der Waals surface area (Å²) in [5.74, 6) is -0.260. The molecule has 0 bridgehead atoms. The molecule has 2 aromatic heterocycles. The van der Waals surface area contributed by atoms with Gasteiger partial charge in [0, 0.05) is 43.0 Å². The molecule has 4 aromatic rings. The van der Waals surface area contributed by atoms with E-state index in [9.17, 15) is 14.4 Å². The zero-order valence-electron chi connectivity index (χ0n) is 18.9. The molecule has 3 amide bonds. The quantitative estimate of drug-likeness (QED) is 0.335. The molecular formula is C24H25N5O4S. The van der Waals surface area contributed by atoms with Gasteiger partial charge in [-0.25, -0.2) is 9.78 Å². The maximum Gasteiger partial charge on any atom is 0.406 e. The second-order valence-corrected chi connectivity index (χ2v) is 8.61. The van der Waals surface area contributed by atoms with Crippen molar-refractivity contribution in [3.8, 4) is 11.3 Å². The molecule has 9 nitrogen and oxygen atoms in total. The first kappa shape index (κ1) is 23.2. The smallest absolute Gasteiger partial charge is 0.406 e. The van der Waals surface area contributed by atoms with Gasteiger partial charge in [0.1, 0.15) is 0 Å².